The summed E-state index contributed by atoms with van der Waals surface area (Å²) in [5.41, 5.74) is 0.408. The second kappa shape index (κ2) is 7.14. The van der Waals surface area contributed by atoms with Crippen molar-refractivity contribution in [1.29, 1.82) is 0 Å². The minimum Gasteiger partial charge on any atom is -0.506 e. The summed E-state index contributed by atoms with van der Waals surface area (Å²) in [5, 5.41) is 14.4. The molecule has 1 amide bonds. The van der Waals surface area contributed by atoms with E-state index in [4.69, 9.17) is 16.3 Å². The average molecular weight is 419 g/mol. The van der Waals surface area contributed by atoms with Gasteiger partial charge in [0.25, 0.3) is 11.5 Å². The van der Waals surface area contributed by atoms with Crippen LogP contribution >= 0.6 is 22.9 Å². The molecule has 1 unspecified atom stereocenters. The third-order valence-corrected chi connectivity index (χ3v) is 6.48. The average Bonchev–Trinajstić information content (AvgIpc) is 2.99. The summed E-state index contributed by atoms with van der Waals surface area (Å²) in [6, 6.07) is 4.77. The second-order valence-electron chi connectivity index (χ2n) is 7.03. The van der Waals surface area contributed by atoms with Gasteiger partial charge in [-0.25, -0.2) is 0 Å². The van der Waals surface area contributed by atoms with Gasteiger partial charge in [0.05, 0.1) is 18.2 Å². The van der Waals surface area contributed by atoms with E-state index in [1.165, 1.54) is 24.5 Å². The third-order valence-electron chi connectivity index (χ3n) is 5.08. The standard InChI is InChI=1S/C20H19ClN2O4S/c1-9-3-5-11-14(7-9)28-20-15(11)17(24)16(19(26)23-20)18(25)22-12-8-10(21)4-6-13(12)27-2/h4,6,8-9H,3,5,7H2,1-2H3,(H,22,25)(H2,23,24,26). The third kappa shape index (κ3) is 3.14. The number of aromatic hydroxyl groups is 1. The summed E-state index contributed by atoms with van der Waals surface area (Å²) in [5.74, 6) is -0.0289. The number of nitrogens with one attached hydrogen (secondary N) is 2. The zero-order chi connectivity index (χ0) is 20.0. The lowest BCUT2D eigenvalue weighted by Gasteiger charge is -2.18. The van der Waals surface area contributed by atoms with Crippen molar-refractivity contribution in [2.45, 2.75) is 26.2 Å². The number of thiophene rings is 1. The van der Waals surface area contributed by atoms with Gasteiger partial charge in [-0.05, 0) is 48.9 Å². The van der Waals surface area contributed by atoms with Gasteiger partial charge in [-0.3, -0.25) is 9.59 Å². The molecule has 0 saturated heterocycles. The maximum Gasteiger partial charge on any atom is 0.265 e. The van der Waals surface area contributed by atoms with Crippen LogP contribution in [-0.4, -0.2) is 23.1 Å². The maximum absolute atomic E-state index is 12.8. The smallest absolute Gasteiger partial charge is 0.265 e. The molecule has 0 aliphatic heterocycles. The number of amides is 1. The van der Waals surface area contributed by atoms with Crippen LogP contribution in [-0.2, 0) is 12.8 Å². The Morgan fingerprint density at radius 2 is 2.21 bits per heavy atom. The van der Waals surface area contributed by atoms with Crippen molar-refractivity contribution in [3.63, 3.8) is 0 Å². The van der Waals surface area contributed by atoms with Crippen LogP contribution < -0.4 is 15.6 Å². The Labute approximate surface area is 170 Å². The zero-order valence-electron chi connectivity index (χ0n) is 15.4. The lowest BCUT2D eigenvalue weighted by atomic mass is 9.89. The Bertz CT molecular complexity index is 1150. The first-order chi connectivity index (χ1) is 13.4. The van der Waals surface area contributed by atoms with Gasteiger partial charge in [-0.1, -0.05) is 18.5 Å². The SMILES string of the molecule is COc1ccc(Cl)cc1NC(=O)c1c(O)c2c3c(sc2[nH]c1=O)CC(C)CC3. The molecule has 1 atom stereocenters. The summed E-state index contributed by atoms with van der Waals surface area (Å²) in [7, 11) is 1.47. The molecule has 0 bridgehead atoms. The molecule has 28 heavy (non-hydrogen) atoms. The molecule has 0 fully saturated rings. The number of hydrogen-bond acceptors (Lipinski definition) is 5. The summed E-state index contributed by atoms with van der Waals surface area (Å²) in [4.78, 5) is 29.9. The normalized spacial score (nSPS) is 16.0. The molecule has 1 aliphatic carbocycles. The van der Waals surface area contributed by atoms with Crippen molar-refractivity contribution >= 4 is 44.7 Å². The van der Waals surface area contributed by atoms with Crippen LogP contribution in [0.3, 0.4) is 0 Å². The Hall–Kier alpha value is -2.51. The second-order valence-corrected chi connectivity index (χ2v) is 8.57. The molecular formula is C20H19ClN2O4S. The highest BCUT2D eigenvalue weighted by atomic mass is 35.5. The molecule has 4 rings (SSSR count). The van der Waals surface area contributed by atoms with Gasteiger partial charge >= 0.3 is 0 Å². The molecule has 146 valence electrons. The number of carbonyl (C=O) groups excluding carboxylic acids is 1. The predicted molar refractivity (Wildman–Crippen MR) is 111 cm³/mol. The number of halogens is 1. The number of aryl methyl sites for hydroxylation is 1. The number of fused-ring (bicyclic) bond motifs is 3. The minimum absolute atomic E-state index is 0.274. The summed E-state index contributed by atoms with van der Waals surface area (Å²) < 4.78 is 5.22. The van der Waals surface area contributed by atoms with E-state index in [0.29, 0.717) is 32.6 Å². The fraction of sp³-hybridized carbons (Fsp3) is 0.300. The maximum atomic E-state index is 12.8. The highest BCUT2D eigenvalue weighted by Gasteiger charge is 2.27. The van der Waals surface area contributed by atoms with Crippen LogP contribution in [0.25, 0.3) is 10.2 Å². The van der Waals surface area contributed by atoms with E-state index in [2.05, 4.69) is 17.2 Å². The number of hydrogen-bond donors (Lipinski definition) is 3. The fourth-order valence-electron chi connectivity index (χ4n) is 3.66. The number of carbonyl (C=O) groups is 1. The highest BCUT2D eigenvalue weighted by molar-refractivity contribution is 7.18. The summed E-state index contributed by atoms with van der Waals surface area (Å²) in [6.45, 7) is 2.19. The minimum atomic E-state index is -0.717. The number of ether oxygens (including phenoxy) is 1. The fourth-order valence-corrected chi connectivity index (χ4v) is 5.24. The molecule has 0 spiro atoms. The monoisotopic (exact) mass is 418 g/mol. The van der Waals surface area contributed by atoms with E-state index < -0.39 is 11.5 Å². The molecule has 6 nitrogen and oxygen atoms in total. The van der Waals surface area contributed by atoms with E-state index >= 15 is 0 Å². The molecule has 2 heterocycles. The van der Waals surface area contributed by atoms with Crippen LogP contribution in [0, 0.1) is 5.92 Å². The predicted octanol–water partition coefficient (Wildman–Crippen LogP) is 4.33. The summed E-state index contributed by atoms with van der Waals surface area (Å²) in [6.07, 6.45) is 2.75. The van der Waals surface area contributed by atoms with Crippen LogP contribution in [0.1, 0.15) is 34.1 Å². The van der Waals surface area contributed by atoms with Gasteiger partial charge in [0.2, 0.25) is 0 Å². The number of anilines is 1. The largest absolute Gasteiger partial charge is 0.506 e. The highest BCUT2D eigenvalue weighted by Crippen LogP contribution is 2.41. The van der Waals surface area contributed by atoms with E-state index in [-0.39, 0.29) is 11.3 Å². The topological polar surface area (TPSA) is 91.4 Å². The van der Waals surface area contributed by atoms with E-state index in [1.54, 1.807) is 12.1 Å². The van der Waals surface area contributed by atoms with Gasteiger partial charge < -0.3 is 20.1 Å². The van der Waals surface area contributed by atoms with Crippen molar-refractivity contribution in [2.75, 3.05) is 12.4 Å². The van der Waals surface area contributed by atoms with Gasteiger partial charge in [-0.15, -0.1) is 11.3 Å². The molecule has 3 N–H and O–H groups in total. The van der Waals surface area contributed by atoms with Crippen molar-refractivity contribution in [3.05, 3.63) is 49.6 Å². The number of benzene rings is 1. The van der Waals surface area contributed by atoms with E-state index in [0.717, 1.165) is 29.7 Å². The molecular weight excluding hydrogens is 400 g/mol. The molecule has 1 aromatic carbocycles. The lowest BCUT2D eigenvalue weighted by Crippen LogP contribution is -2.23. The Morgan fingerprint density at radius 3 is 2.96 bits per heavy atom. The van der Waals surface area contributed by atoms with Crippen molar-refractivity contribution in [1.82, 2.24) is 4.98 Å². The first-order valence-corrected chi connectivity index (χ1v) is 10.1. The van der Waals surface area contributed by atoms with Gasteiger partial charge in [0.1, 0.15) is 21.9 Å². The number of pyridine rings is 1. The number of aromatic amines is 1. The molecule has 0 radical (unpaired) electrons. The Kier molecular flexibility index (Phi) is 4.81. The van der Waals surface area contributed by atoms with E-state index in [9.17, 15) is 14.7 Å². The van der Waals surface area contributed by atoms with Crippen molar-refractivity contribution < 1.29 is 14.6 Å². The Balaban J connectivity index is 1.80. The molecule has 3 aromatic rings. The van der Waals surface area contributed by atoms with Gasteiger partial charge in [-0.2, -0.15) is 0 Å². The lowest BCUT2D eigenvalue weighted by molar-refractivity contribution is 0.102. The van der Waals surface area contributed by atoms with Crippen LogP contribution in [0.15, 0.2) is 23.0 Å². The number of aromatic nitrogens is 1. The van der Waals surface area contributed by atoms with Crippen molar-refractivity contribution in [3.8, 4) is 11.5 Å². The number of rotatable bonds is 3. The first-order valence-electron chi connectivity index (χ1n) is 8.93. The number of H-pyrrole nitrogens is 1. The molecule has 2 aromatic heterocycles. The zero-order valence-corrected chi connectivity index (χ0v) is 17.0. The summed E-state index contributed by atoms with van der Waals surface area (Å²) >= 11 is 7.48. The first kappa shape index (κ1) is 18.8. The molecule has 0 saturated carbocycles. The van der Waals surface area contributed by atoms with Crippen LogP contribution in [0.4, 0.5) is 5.69 Å². The Morgan fingerprint density at radius 1 is 1.43 bits per heavy atom. The number of methoxy groups -OCH3 is 1. The van der Waals surface area contributed by atoms with Gasteiger partial charge in [0, 0.05) is 9.90 Å². The van der Waals surface area contributed by atoms with Crippen molar-refractivity contribution in [2.24, 2.45) is 5.92 Å². The van der Waals surface area contributed by atoms with Crippen LogP contribution in [0.5, 0.6) is 11.5 Å². The molecule has 8 heteroatoms. The quantitative estimate of drug-likeness (QED) is 0.590. The van der Waals surface area contributed by atoms with Crippen LogP contribution in [0.2, 0.25) is 5.02 Å². The molecule has 1 aliphatic rings. The van der Waals surface area contributed by atoms with E-state index in [1.807, 2.05) is 0 Å². The van der Waals surface area contributed by atoms with Gasteiger partial charge in [0.15, 0.2) is 0 Å².